The van der Waals surface area contributed by atoms with Gasteiger partial charge in [0.15, 0.2) is 0 Å². The zero-order valence-corrected chi connectivity index (χ0v) is 22.8. The quantitative estimate of drug-likeness (QED) is 0.267. The third kappa shape index (κ3) is 4.43. The Morgan fingerprint density at radius 3 is 2.67 bits per heavy atom. The molecule has 3 aliphatic heterocycles. The van der Waals surface area contributed by atoms with Gasteiger partial charge in [-0.05, 0) is 68.9 Å². The summed E-state index contributed by atoms with van der Waals surface area (Å²) >= 11 is 0. The lowest BCUT2D eigenvalue weighted by Gasteiger charge is -2.37. The molecule has 208 valence electrons. The lowest BCUT2D eigenvalue weighted by molar-refractivity contribution is -0.159. The van der Waals surface area contributed by atoms with Crippen LogP contribution >= 0.6 is 0 Å². The van der Waals surface area contributed by atoms with Gasteiger partial charge in [-0.15, -0.1) is 6.58 Å². The van der Waals surface area contributed by atoms with Crippen molar-refractivity contribution in [3.8, 4) is 0 Å². The first-order valence-electron chi connectivity index (χ1n) is 14.0. The summed E-state index contributed by atoms with van der Waals surface area (Å²) in [6, 6.07) is 13.0. The first-order chi connectivity index (χ1) is 18.8. The van der Waals surface area contributed by atoms with Crippen LogP contribution in [0.2, 0.25) is 0 Å². The Bertz CT molecular complexity index is 1280. The fourth-order valence-corrected chi connectivity index (χ4v) is 7.05. The molecular weight excluding hydrogens is 496 g/mol. The van der Waals surface area contributed by atoms with Crippen molar-refractivity contribution in [3.05, 3.63) is 55.1 Å². The molecule has 1 N–H and O–H groups in total. The molecule has 3 heterocycles. The second-order valence-electron chi connectivity index (χ2n) is 11.1. The van der Waals surface area contributed by atoms with Crippen molar-refractivity contribution in [2.24, 2.45) is 11.8 Å². The summed E-state index contributed by atoms with van der Waals surface area (Å²) in [5.41, 5.74) is -1.25. The number of ether oxygens (including phenoxy) is 2. The number of hydrogen-bond donors (Lipinski definition) is 1. The largest absolute Gasteiger partial charge is 0.466 e. The number of nitrogens with zero attached hydrogens (tertiary/aromatic N) is 2. The van der Waals surface area contributed by atoms with Gasteiger partial charge in [-0.2, -0.15) is 0 Å². The highest BCUT2D eigenvalue weighted by Crippen LogP contribution is 2.63. The van der Waals surface area contributed by atoms with E-state index in [1.807, 2.05) is 49.4 Å². The minimum atomic E-state index is -1.10. The van der Waals surface area contributed by atoms with E-state index in [4.69, 9.17) is 9.47 Å². The summed E-state index contributed by atoms with van der Waals surface area (Å²) < 4.78 is 12.1. The minimum absolute atomic E-state index is 0.0738. The van der Waals surface area contributed by atoms with Crippen molar-refractivity contribution >= 4 is 34.2 Å². The van der Waals surface area contributed by atoms with Crippen molar-refractivity contribution in [3.63, 3.8) is 0 Å². The number of aliphatic hydroxyl groups excluding tert-OH is 1. The molecule has 8 heteroatoms. The number of fused-ring (bicyclic) bond motifs is 2. The molecule has 5 atom stereocenters. The molecule has 3 fully saturated rings. The van der Waals surface area contributed by atoms with Crippen LogP contribution in [0.3, 0.4) is 0 Å². The van der Waals surface area contributed by atoms with Crippen LogP contribution in [0, 0.1) is 11.8 Å². The van der Waals surface area contributed by atoms with E-state index in [1.54, 1.807) is 22.8 Å². The third-order valence-corrected chi connectivity index (χ3v) is 8.73. The molecule has 3 aliphatic rings. The number of esters is 1. The molecule has 0 saturated carbocycles. The topological polar surface area (TPSA) is 96.4 Å². The molecule has 2 amide bonds. The van der Waals surface area contributed by atoms with E-state index < -0.39 is 35.0 Å². The lowest BCUT2D eigenvalue weighted by atomic mass is 9.66. The molecule has 0 aromatic heterocycles. The van der Waals surface area contributed by atoms with Gasteiger partial charge in [-0.25, -0.2) is 0 Å². The van der Waals surface area contributed by atoms with Gasteiger partial charge < -0.3 is 24.4 Å². The smallest absolute Gasteiger partial charge is 0.312 e. The predicted octanol–water partition coefficient (Wildman–Crippen LogP) is 3.85. The molecule has 0 aliphatic carbocycles. The second-order valence-corrected chi connectivity index (χ2v) is 11.1. The average molecular weight is 535 g/mol. The Morgan fingerprint density at radius 1 is 1.18 bits per heavy atom. The number of amides is 2. The van der Waals surface area contributed by atoms with Crippen molar-refractivity contribution < 1.29 is 29.0 Å². The van der Waals surface area contributed by atoms with E-state index in [0.717, 1.165) is 17.2 Å². The molecule has 2 bridgehead atoms. The lowest BCUT2D eigenvalue weighted by Crippen LogP contribution is -2.56. The van der Waals surface area contributed by atoms with Crippen LogP contribution in [0.5, 0.6) is 0 Å². The van der Waals surface area contributed by atoms with E-state index >= 15 is 0 Å². The van der Waals surface area contributed by atoms with E-state index in [2.05, 4.69) is 6.58 Å². The van der Waals surface area contributed by atoms with Crippen molar-refractivity contribution in [2.75, 3.05) is 31.2 Å². The van der Waals surface area contributed by atoms with Gasteiger partial charge in [-0.1, -0.05) is 36.4 Å². The molecular formula is C31H38N2O6. The second kappa shape index (κ2) is 10.7. The molecule has 2 aromatic rings. The number of unbranched alkanes of at least 4 members (excludes halogenated alkanes) is 2. The molecule has 1 spiro atoms. The van der Waals surface area contributed by atoms with Gasteiger partial charge >= 0.3 is 5.97 Å². The van der Waals surface area contributed by atoms with Crippen LogP contribution in [0.4, 0.5) is 5.69 Å². The molecule has 8 nitrogen and oxygen atoms in total. The Morgan fingerprint density at radius 2 is 1.95 bits per heavy atom. The van der Waals surface area contributed by atoms with Crippen LogP contribution < -0.4 is 4.90 Å². The van der Waals surface area contributed by atoms with Gasteiger partial charge in [-0.3, -0.25) is 14.4 Å². The van der Waals surface area contributed by atoms with Gasteiger partial charge in [0, 0.05) is 25.4 Å². The first kappa shape index (κ1) is 27.3. The number of benzene rings is 2. The number of carbonyl (C=O) groups excluding carboxylic acids is 3. The van der Waals surface area contributed by atoms with Crippen LogP contribution in [0.25, 0.3) is 10.8 Å². The van der Waals surface area contributed by atoms with E-state index in [-0.39, 0.29) is 31.6 Å². The molecule has 5 rings (SSSR count). The molecule has 39 heavy (non-hydrogen) atoms. The standard InChI is InChI=1S/C31H38N2O6/c1-4-17-32(23-14-13-21-11-7-8-12-22(21)20-23)28(36)26-31-16-15-30(3,39-31)25(29(37)38-5-2)24(31)27(35)33(26)18-9-6-10-19-34/h4,7-8,11-14,20,24-26,34H,1,5-6,9-10,15-19H2,2-3H3/t24-,25+,26?,30-,31?/m0/s1. The average Bonchev–Trinajstić information content (AvgIpc) is 3.50. The maximum atomic E-state index is 14.6. The fraction of sp³-hybridized carbons (Fsp3) is 0.516. The van der Waals surface area contributed by atoms with E-state index in [0.29, 0.717) is 37.9 Å². The normalized spacial score (nSPS) is 29.1. The van der Waals surface area contributed by atoms with Gasteiger partial charge in [0.1, 0.15) is 17.6 Å². The Hall–Kier alpha value is -3.23. The summed E-state index contributed by atoms with van der Waals surface area (Å²) in [5, 5.41) is 11.3. The number of anilines is 1. The van der Waals surface area contributed by atoms with Crippen molar-refractivity contribution in [2.45, 2.75) is 63.2 Å². The monoisotopic (exact) mass is 534 g/mol. The fourth-order valence-electron chi connectivity index (χ4n) is 7.05. The number of carbonyl (C=O) groups is 3. The summed E-state index contributed by atoms with van der Waals surface area (Å²) in [6.07, 6.45) is 4.74. The number of hydrogen-bond acceptors (Lipinski definition) is 6. The van der Waals surface area contributed by atoms with Crippen LogP contribution in [0.1, 0.15) is 46.0 Å². The van der Waals surface area contributed by atoms with Gasteiger partial charge in [0.05, 0.1) is 18.1 Å². The van der Waals surface area contributed by atoms with Crippen LogP contribution in [0.15, 0.2) is 55.1 Å². The Labute approximate surface area is 229 Å². The zero-order valence-electron chi connectivity index (χ0n) is 22.8. The number of aliphatic hydroxyl groups is 1. The minimum Gasteiger partial charge on any atom is -0.466 e. The van der Waals surface area contributed by atoms with Gasteiger partial charge in [0.25, 0.3) is 5.91 Å². The maximum Gasteiger partial charge on any atom is 0.312 e. The molecule has 0 radical (unpaired) electrons. The van der Waals surface area contributed by atoms with Crippen molar-refractivity contribution in [1.82, 2.24) is 4.90 Å². The van der Waals surface area contributed by atoms with E-state index in [9.17, 15) is 19.5 Å². The van der Waals surface area contributed by atoms with Crippen LogP contribution in [-0.4, -0.2) is 71.3 Å². The predicted molar refractivity (Wildman–Crippen MR) is 148 cm³/mol. The number of likely N-dealkylation sites (tertiary alicyclic amines) is 1. The van der Waals surface area contributed by atoms with Crippen LogP contribution in [-0.2, 0) is 23.9 Å². The highest BCUT2D eigenvalue weighted by Gasteiger charge is 2.78. The Balaban J connectivity index is 1.56. The molecule has 3 saturated heterocycles. The summed E-state index contributed by atoms with van der Waals surface area (Å²) in [7, 11) is 0. The van der Waals surface area contributed by atoms with Crippen molar-refractivity contribution in [1.29, 1.82) is 0 Å². The summed E-state index contributed by atoms with van der Waals surface area (Å²) in [6.45, 7) is 8.40. The Kier molecular flexibility index (Phi) is 7.53. The SMILES string of the molecule is C=CCN(C(=O)C1N(CCCCCO)C(=O)[C@@H]2[C@H](C(=O)OCC)[C@]3(C)CCC12O3)c1ccc2ccccc2c1. The summed E-state index contributed by atoms with van der Waals surface area (Å²) in [4.78, 5) is 45.2. The zero-order chi connectivity index (χ0) is 27.8. The highest BCUT2D eigenvalue weighted by molar-refractivity contribution is 6.05. The van der Waals surface area contributed by atoms with Gasteiger partial charge in [0.2, 0.25) is 5.91 Å². The molecule has 2 unspecified atom stereocenters. The highest BCUT2D eigenvalue weighted by atomic mass is 16.6. The van der Waals surface area contributed by atoms with E-state index in [1.165, 1.54) is 0 Å². The maximum absolute atomic E-state index is 14.6. The summed E-state index contributed by atoms with van der Waals surface area (Å²) in [5.74, 6) is -2.44. The third-order valence-electron chi connectivity index (χ3n) is 8.73. The number of rotatable bonds is 11. The first-order valence-corrected chi connectivity index (χ1v) is 14.0. The molecule has 2 aromatic carbocycles.